The maximum absolute atomic E-state index is 12.2. The molecule has 0 bridgehead atoms. The molecular formula is C17H26N2O3. The average Bonchev–Trinajstić information content (AvgIpc) is 3.01. The lowest BCUT2D eigenvalue weighted by Crippen LogP contribution is -2.48. The molecule has 0 spiro atoms. The normalized spacial score (nSPS) is 20.2. The number of benzene rings is 1. The predicted molar refractivity (Wildman–Crippen MR) is 86.1 cm³/mol. The van der Waals surface area contributed by atoms with Crippen molar-refractivity contribution in [1.82, 2.24) is 10.2 Å². The molecule has 1 aromatic carbocycles. The molecule has 1 heterocycles. The van der Waals surface area contributed by atoms with Gasteiger partial charge in [-0.1, -0.05) is 18.2 Å². The van der Waals surface area contributed by atoms with Gasteiger partial charge in [-0.15, -0.1) is 0 Å². The SMILES string of the molecule is C[C@H](NC(=O)N(C)C[C@@H]1CCOC1)[C@H](C)Oc1ccccc1. The Morgan fingerprint density at radius 3 is 2.77 bits per heavy atom. The van der Waals surface area contributed by atoms with Crippen molar-refractivity contribution in [3.05, 3.63) is 30.3 Å². The summed E-state index contributed by atoms with van der Waals surface area (Å²) in [6, 6.07) is 9.50. The highest BCUT2D eigenvalue weighted by Gasteiger charge is 2.22. The van der Waals surface area contributed by atoms with E-state index in [1.54, 1.807) is 4.90 Å². The summed E-state index contributed by atoms with van der Waals surface area (Å²) < 4.78 is 11.2. The molecule has 5 nitrogen and oxygen atoms in total. The number of nitrogens with one attached hydrogen (secondary N) is 1. The molecule has 2 amide bonds. The van der Waals surface area contributed by atoms with Crippen LogP contribution in [0.15, 0.2) is 30.3 Å². The highest BCUT2D eigenvalue weighted by molar-refractivity contribution is 5.74. The molecule has 2 rings (SSSR count). The summed E-state index contributed by atoms with van der Waals surface area (Å²) in [5.74, 6) is 1.26. The average molecular weight is 306 g/mol. The van der Waals surface area contributed by atoms with Gasteiger partial charge in [0, 0.05) is 26.1 Å². The summed E-state index contributed by atoms with van der Waals surface area (Å²) in [4.78, 5) is 13.9. The van der Waals surface area contributed by atoms with Gasteiger partial charge in [-0.2, -0.15) is 0 Å². The summed E-state index contributed by atoms with van der Waals surface area (Å²) in [6.07, 6.45) is 0.926. The molecule has 0 saturated carbocycles. The molecule has 1 aliphatic heterocycles. The summed E-state index contributed by atoms with van der Waals surface area (Å²) >= 11 is 0. The molecule has 0 aliphatic carbocycles. The third-order valence-corrected chi connectivity index (χ3v) is 4.02. The predicted octanol–water partition coefficient (Wildman–Crippen LogP) is 2.52. The van der Waals surface area contributed by atoms with E-state index < -0.39 is 0 Å². The van der Waals surface area contributed by atoms with E-state index in [9.17, 15) is 4.79 Å². The van der Waals surface area contributed by atoms with Gasteiger partial charge in [-0.05, 0) is 32.4 Å². The number of para-hydroxylation sites is 1. The van der Waals surface area contributed by atoms with E-state index in [0.717, 1.165) is 31.9 Å². The minimum absolute atomic E-state index is 0.0667. The maximum Gasteiger partial charge on any atom is 0.317 e. The van der Waals surface area contributed by atoms with Gasteiger partial charge in [0.25, 0.3) is 0 Å². The Kier molecular flexibility index (Phi) is 6.07. The lowest BCUT2D eigenvalue weighted by molar-refractivity contribution is 0.155. The second-order valence-corrected chi connectivity index (χ2v) is 5.98. The first-order valence-electron chi connectivity index (χ1n) is 7.87. The van der Waals surface area contributed by atoms with Crippen LogP contribution in [0.2, 0.25) is 0 Å². The van der Waals surface area contributed by atoms with Crippen molar-refractivity contribution in [3.8, 4) is 5.75 Å². The third kappa shape index (κ3) is 4.91. The van der Waals surface area contributed by atoms with Crippen molar-refractivity contribution < 1.29 is 14.3 Å². The van der Waals surface area contributed by atoms with Crippen LogP contribution < -0.4 is 10.1 Å². The molecule has 122 valence electrons. The Morgan fingerprint density at radius 1 is 1.41 bits per heavy atom. The van der Waals surface area contributed by atoms with E-state index >= 15 is 0 Å². The second-order valence-electron chi connectivity index (χ2n) is 5.98. The van der Waals surface area contributed by atoms with Crippen molar-refractivity contribution >= 4 is 6.03 Å². The minimum Gasteiger partial charge on any atom is -0.489 e. The van der Waals surface area contributed by atoms with Gasteiger partial charge in [0.1, 0.15) is 11.9 Å². The quantitative estimate of drug-likeness (QED) is 0.878. The lowest BCUT2D eigenvalue weighted by atomic mass is 10.1. The van der Waals surface area contributed by atoms with Crippen LogP contribution in [-0.2, 0) is 4.74 Å². The van der Waals surface area contributed by atoms with Crippen LogP contribution in [0.25, 0.3) is 0 Å². The Bertz CT molecular complexity index is 460. The molecular weight excluding hydrogens is 280 g/mol. The number of hydrogen-bond acceptors (Lipinski definition) is 3. The van der Waals surface area contributed by atoms with Crippen LogP contribution in [0.5, 0.6) is 5.75 Å². The zero-order chi connectivity index (χ0) is 15.9. The van der Waals surface area contributed by atoms with Gasteiger partial charge in [-0.25, -0.2) is 4.79 Å². The molecule has 3 atom stereocenters. The molecule has 1 saturated heterocycles. The Balaban J connectivity index is 1.76. The first-order valence-corrected chi connectivity index (χ1v) is 7.87. The summed E-state index contributed by atoms with van der Waals surface area (Å²) in [6.45, 7) is 6.20. The fourth-order valence-electron chi connectivity index (χ4n) is 2.44. The highest BCUT2D eigenvalue weighted by Crippen LogP contribution is 2.14. The number of ether oxygens (including phenoxy) is 2. The molecule has 22 heavy (non-hydrogen) atoms. The molecule has 1 aliphatic rings. The smallest absolute Gasteiger partial charge is 0.317 e. The van der Waals surface area contributed by atoms with E-state index in [0.29, 0.717) is 5.92 Å². The molecule has 0 unspecified atom stereocenters. The largest absolute Gasteiger partial charge is 0.489 e. The van der Waals surface area contributed by atoms with Gasteiger partial charge in [0.2, 0.25) is 0 Å². The van der Waals surface area contributed by atoms with Crippen LogP contribution in [0.1, 0.15) is 20.3 Å². The number of carbonyl (C=O) groups excluding carboxylic acids is 1. The Hall–Kier alpha value is -1.75. The molecule has 1 fully saturated rings. The highest BCUT2D eigenvalue weighted by atomic mass is 16.5. The molecule has 0 aromatic heterocycles. The fourth-order valence-corrected chi connectivity index (χ4v) is 2.44. The van der Waals surface area contributed by atoms with E-state index in [-0.39, 0.29) is 18.2 Å². The topological polar surface area (TPSA) is 50.8 Å². The van der Waals surface area contributed by atoms with E-state index in [1.807, 2.05) is 51.2 Å². The van der Waals surface area contributed by atoms with Gasteiger partial charge in [-0.3, -0.25) is 0 Å². The number of amides is 2. The first kappa shape index (κ1) is 16.6. The van der Waals surface area contributed by atoms with E-state index in [2.05, 4.69) is 5.32 Å². The number of nitrogens with zero attached hydrogens (tertiary/aromatic N) is 1. The monoisotopic (exact) mass is 306 g/mol. The van der Waals surface area contributed by atoms with Crippen molar-refractivity contribution in [2.75, 3.05) is 26.8 Å². The van der Waals surface area contributed by atoms with Gasteiger partial charge in [0.05, 0.1) is 12.6 Å². The van der Waals surface area contributed by atoms with Crippen LogP contribution in [0.3, 0.4) is 0 Å². The van der Waals surface area contributed by atoms with Crippen molar-refractivity contribution in [1.29, 1.82) is 0 Å². The summed E-state index contributed by atoms with van der Waals surface area (Å²) in [5, 5.41) is 2.99. The standard InChI is InChI=1S/C17H26N2O3/c1-13(14(2)22-16-7-5-4-6-8-16)18-17(20)19(3)11-15-9-10-21-12-15/h4-8,13-15H,9-12H2,1-3H3,(H,18,20)/t13-,14-,15-/m0/s1. The van der Waals surface area contributed by atoms with Crippen LogP contribution in [-0.4, -0.2) is 49.9 Å². The van der Waals surface area contributed by atoms with E-state index in [4.69, 9.17) is 9.47 Å². The Morgan fingerprint density at radius 2 is 2.14 bits per heavy atom. The molecule has 1 N–H and O–H groups in total. The first-order chi connectivity index (χ1) is 10.6. The number of urea groups is 1. The van der Waals surface area contributed by atoms with Crippen molar-refractivity contribution in [3.63, 3.8) is 0 Å². The van der Waals surface area contributed by atoms with E-state index in [1.165, 1.54) is 0 Å². The van der Waals surface area contributed by atoms with Gasteiger partial charge in [0.15, 0.2) is 0 Å². The molecule has 1 aromatic rings. The minimum atomic E-state index is -0.102. The number of rotatable bonds is 6. The van der Waals surface area contributed by atoms with Crippen LogP contribution in [0.4, 0.5) is 4.79 Å². The zero-order valence-electron chi connectivity index (χ0n) is 13.6. The zero-order valence-corrected chi connectivity index (χ0v) is 13.6. The molecule has 0 radical (unpaired) electrons. The van der Waals surface area contributed by atoms with Crippen molar-refractivity contribution in [2.24, 2.45) is 5.92 Å². The van der Waals surface area contributed by atoms with Crippen molar-refractivity contribution in [2.45, 2.75) is 32.4 Å². The Labute approximate surface area is 132 Å². The number of hydrogen-bond donors (Lipinski definition) is 1. The molecule has 5 heteroatoms. The van der Waals surface area contributed by atoms with Crippen LogP contribution in [0, 0.1) is 5.92 Å². The maximum atomic E-state index is 12.2. The van der Waals surface area contributed by atoms with Gasteiger partial charge >= 0.3 is 6.03 Å². The lowest BCUT2D eigenvalue weighted by Gasteiger charge is -2.26. The van der Waals surface area contributed by atoms with Gasteiger partial charge < -0.3 is 19.7 Å². The number of carbonyl (C=O) groups is 1. The van der Waals surface area contributed by atoms with Crippen LogP contribution >= 0.6 is 0 Å². The fraction of sp³-hybridized carbons (Fsp3) is 0.588. The third-order valence-electron chi connectivity index (χ3n) is 4.02. The summed E-state index contributed by atoms with van der Waals surface area (Å²) in [5.41, 5.74) is 0. The second kappa shape index (κ2) is 8.03. The summed E-state index contributed by atoms with van der Waals surface area (Å²) in [7, 11) is 1.82.